The van der Waals surface area contributed by atoms with Crippen LogP contribution in [0.15, 0.2) is 18.2 Å². The van der Waals surface area contributed by atoms with E-state index in [4.69, 9.17) is 10.5 Å². The molecule has 2 rings (SSSR count). The summed E-state index contributed by atoms with van der Waals surface area (Å²) in [5, 5.41) is 0. The van der Waals surface area contributed by atoms with E-state index in [0.29, 0.717) is 5.92 Å². The van der Waals surface area contributed by atoms with Crippen LogP contribution >= 0.6 is 0 Å². The molecule has 1 aliphatic rings. The second-order valence-corrected chi connectivity index (χ2v) is 6.54. The Kier molecular flexibility index (Phi) is 4.69. The second kappa shape index (κ2) is 6.13. The van der Waals surface area contributed by atoms with Crippen molar-refractivity contribution in [3.8, 4) is 5.75 Å². The molecule has 1 atom stereocenters. The molecule has 1 aromatic rings. The van der Waals surface area contributed by atoms with E-state index < -0.39 is 0 Å². The van der Waals surface area contributed by atoms with E-state index in [1.165, 1.54) is 20.0 Å². The van der Waals surface area contributed by atoms with Gasteiger partial charge in [0.15, 0.2) is 11.6 Å². The number of halogens is 1. The average molecular weight is 279 g/mol. The van der Waals surface area contributed by atoms with Gasteiger partial charge in [0.05, 0.1) is 7.11 Å². The fourth-order valence-corrected chi connectivity index (χ4v) is 3.76. The third-order valence-corrected chi connectivity index (χ3v) is 4.61. The van der Waals surface area contributed by atoms with Crippen molar-refractivity contribution >= 4 is 0 Å². The van der Waals surface area contributed by atoms with Crippen LogP contribution in [0.3, 0.4) is 0 Å². The molecule has 1 aromatic carbocycles. The molecule has 112 valence electrons. The Morgan fingerprint density at radius 2 is 1.95 bits per heavy atom. The zero-order valence-corrected chi connectivity index (χ0v) is 12.8. The molecule has 1 saturated carbocycles. The van der Waals surface area contributed by atoms with Crippen LogP contribution in [-0.4, -0.2) is 7.11 Å². The number of hydrogen-bond acceptors (Lipinski definition) is 2. The number of benzene rings is 1. The summed E-state index contributed by atoms with van der Waals surface area (Å²) >= 11 is 0. The van der Waals surface area contributed by atoms with E-state index in [1.807, 2.05) is 6.07 Å². The minimum atomic E-state index is -0.321. The first-order valence-electron chi connectivity index (χ1n) is 7.57. The van der Waals surface area contributed by atoms with Crippen molar-refractivity contribution < 1.29 is 9.13 Å². The van der Waals surface area contributed by atoms with Crippen molar-refractivity contribution in [1.29, 1.82) is 0 Å². The Labute approximate surface area is 121 Å². The lowest BCUT2D eigenvalue weighted by atomic mass is 9.71. The molecule has 2 N–H and O–H groups in total. The fourth-order valence-electron chi connectivity index (χ4n) is 3.76. The summed E-state index contributed by atoms with van der Waals surface area (Å²) < 4.78 is 18.9. The molecule has 0 aliphatic heterocycles. The number of ether oxygens (including phenoxy) is 1. The molecule has 3 heteroatoms. The van der Waals surface area contributed by atoms with Crippen LogP contribution in [0.2, 0.25) is 0 Å². The molecule has 0 saturated heterocycles. The number of hydrogen-bond donors (Lipinski definition) is 1. The summed E-state index contributed by atoms with van der Waals surface area (Å²) in [6.07, 6.45) is 5.89. The molecule has 0 aromatic heterocycles. The second-order valence-electron chi connectivity index (χ2n) is 6.54. The maximum atomic E-state index is 13.9. The monoisotopic (exact) mass is 279 g/mol. The minimum Gasteiger partial charge on any atom is -0.494 e. The highest BCUT2D eigenvalue weighted by atomic mass is 19.1. The highest BCUT2D eigenvalue weighted by molar-refractivity contribution is 5.32. The normalized spacial score (nSPS) is 19.3. The summed E-state index contributed by atoms with van der Waals surface area (Å²) in [5.74, 6) is 0.575. The Balaban J connectivity index is 2.27. The molecule has 1 aliphatic carbocycles. The highest BCUT2D eigenvalue weighted by Gasteiger charge is 2.40. The maximum Gasteiger partial charge on any atom is 0.165 e. The van der Waals surface area contributed by atoms with Gasteiger partial charge in [-0.05, 0) is 48.3 Å². The highest BCUT2D eigenvalue weighted by Crippen LogP contribution is 2.50. The first kappa shape index (κ1) is 15.3. The summed E-state index contributed by atoms with van der Waals surface area (Å²) in [4.78, 5) is 0. The van der Waals surface area contributed by atoms with Crippen LogP contribution in [0.5, 0.6) is 5.75 Å². The van der Waals surface area contributed by atoms with Gasteiger partial charge in [0.25, 0.3) is 0 Å². The lowest BCUT2D eigenvalue weighted by Gasteiger charge is -2.37. The Morgan fingerprint density at radius 1 is 1.30 bits per heavy atom. The van der Waals surface area contributed by atoms with Crippen molar-refractivity contribution in [1.82, 2.24) is 0 Å². The molecule has 0 heterocycles. The van der Waals surface area contributed by atoms with Crippen LogP contribution in [-0.2, 0) is 0 Å². The van der Waals surface area contributed by atoms with Gasteiger partial charge >= 0.3 is 0 Å². The fraction of sp³-hybridized carbons (Fsp3) is 0.647. The third-order valence-electron chi connectivity index (χ3n) is 4.61. The average Bonchev–Trinajstić information content (AvgIpc) is 2.86. The molecule has 0 spiro atoms. The van der Waals surface area contributed by atoms with E-state index in [-0.39, 0.29) is 23.0 Å². The predicted octanol–water partition coefficient (Wildman–Crippen LogP) is 4.44. The molecule has 20 heavy (non-hydrogen) atoms. The van der Waals surface area contributed by atoms with Gasteiger partial charge in [-0.3, -0.25) is 0 Å². The number of nitrogens with two attached hydrogens (primary N) is 1. The maximum absolute atomic E-state index is 13.9. The predicted molar refractivity (Wildman–Crippen MR) is 80.2 cm³/mol. The minimum absolute atomic E-state index is 0.0900. The van der Waals surface area contributed by atoms with Gasteiger partial charge in [-0.15, -0.1) is 0 Å². The van der Waals surface area contributed by atoms with Crippen molar-refractivity contribution in [3.05, 3.63) is 29.6 Å². The number of rotatable bonds is 5. The van der Waals surface area contributed by atoms with Crippen LogP contribution in [0, 0.1) is 17.2 Å². The van der Waals surface area contributed by atoms with E-state index in [0.717, 1.165) is 24.8 Å². The van der Waals surface area contributed by atoms with Crippen molar-refractivity contribution in [2.75, 3.05) is 7.11 Å². The van der Waals surface area contributed by atoms with Crippen LogP contribution in [0.4, 0.5) is 4.39 Å². The molecule has 0 radical (unpaired) electrons. The van der Waals surface area contributed by atoms with Crippen LogP contribution in [0.1, 0.15) is 57.6 Å². The Morgan fingerprint density at radius 3 is 2.45 bits per heavy atom. The van der Waals surface area contributed by atoms with Crippen molar-refractivity contribution in [3.63, 3.8) is 0 Å². The van der Waals surface area contributed by atoms with E-state index >= 15 is 0 Å². The van der Waals surface area contributed by atoms with Gasteiger partial charge < -0.3 is 10.5 Å². The number of methoxy groups -OCH3 is 1. The molecule has 0 bridgehead atoms. The Hall–Kier alpha value is -1.09. The quantitative estimate of drug-likeness (QED) is 0.864. The zero-order chi connectivity index (χ0) is 14.8. The molecule has 0 amide bonds. The first-order chi connectivity index (χ1) is 9.48. The lowest BCUT2D eigenvalue weighted by Crippen LogP contribution is -2.33. The Bertz CT molecular complexity index is 452. The van der Waals surface area contributed by atoms with Crippen LogP contribution in [0.25, 0.3) is 0 Å². The van der Waals surface area contributed by atoms with E-state index in [9.17, 15) is 4.39 Å². The molecule has 1 unspecified atom stereocenters. The van der Waals surface area contributed by atoms with Gasteiger partial charge in [-0.25, -0.2) is 4.39 Å². The third kappa shape index (κ3) is 2.98. The lowest BCUT2D eigenvalue weighted by molar-refractivity contribution is 0.183. The van der Waals surface area contributed by atoms with Gasteiger partial charge in [0, 0.05) is 6.04 Å². The standard InChI is InChI=1S/C17H26FNO/c1-12(2)11-17(8-4-5-9-17)16(19)13-6-7-15(20-3)14(18)10-13/h6-7,10,12,16H,4-5,8-9,11,19H2,1-3H3. The topological polar surface area (TPSA) is 35.2 Å². The summed E-state index contributed by atoms with van der Waals surface area (Å²) in [5.41, 5.74) is 7.56. The molecular weight excluding hydrogens is 253 g/mol. The summed E-state index contributed by atoms with van der Waals surface area (Å²) in [6, 6.07) is 5.05. The van der Waals surface area contributed by atoms with Gasteiger partial charge in [-0.1, -0.05) is 32.8 Å². The smallest absolute Gasteiger partial charge is 0.165 e. The van der Waals surface area contributed by atoms with Crippen molar-refractivity contribution in [2.24, 2.45) is 17.1 Å². The van der Waals surface area contributed by atoms with Gasteiger partial charge in [0.1, 0.15) is 0 Å². The van der Waals surface area contributed by atoms with E-state index in [2.05, 4.69) is 13.8 Å². The van der Waals surface area contributed by atoms with Gasteiger partial charge in [0.2, 0.25) is 0 Å². The van der Waals surface area contributed by atoms with Crippen LogP contribution < -0.4 is 10.5 Å². The van der Waals surface area contributed by atoms with Gasteiger partial charge in [-0.2, -0.15) is 0 Å². The van der Waals surface area contributed by atoms with Crippen molar-refractivity contribution in [2.45, 2.75) is 52.0 Å². The zero-order valence-electron chi connectivity index (χ0n) is 12.8. The largest absolute Gasteiger partial charge is 0.494 e. The molecule has 2 nitrogen and oxygen atoms in total. The summed E-state index contributed by atoms with van der Waals surface area (Å²) in [7, 11) is 1.48. The first-order valence-corrected chi connectivity index (χ1v) is 7.57. The SMILES string of the molecule is COc1ccc(C(N)C2(CC(C)C)CCCC2)cc1F. The van der Waals surface area contributed by atoms with E-state index in [1.54, 1.807) is 12.1 Å². The summed E-state index contributed by atoms with van der Waals surface area (Å²) in [6.45, 7) is 4.47. The molecular formula is C17H26FNO. The molecule has 1 fully saturated rings.